The van der Waals surface area contributed by atoms with Crippen molar-refractivity contribution in [3.63, 3.8) is 0 Å². The second-order valence-corrected chi connectivity index (χ2v) is 12.2. The molecule has 0 saturated heterocycles. The van der Waals surface area contributed by atoms with E-state index in [0.29, 0.717) is 0 Å². The van der Waals surface area contributed by atoms with E-state index in [4.69, 9.17) is 10.2 Å². The Morgan fingerprint density at radius 2 is 0.915 bits per heavy atom. The van der Waals surface area contributed by atoms with E-state index < -0.39 is 53.5 Å². The first-order chi connectivity index (χ1) is 21.5. The molecule has 0 radical (unpaired) electrons. The van der Waals surface area contributed by atoms with Crippen LogP contribution in [-0.4, -0.2) is 58.3 Å². The molecule has 0 saturated carbocycles. The number of carboxylic acids is 2. The van der Waals surface area contributed by atoms with Gasteiger partial charge in [-0.2, -0.15) is 27.1 Å². The van der Waals surface area contributed by atoms with Gasteiger partial charge in [0.2, 0.25) is 0 Å². The van der Waals surface area contributed by atoms with Gasteiger partial charge in [0.1, 0.15) is 22.9 Å². The van der Waals surface area contributed by atoms with Crippen LogP contribution in [0.5, 0.6) is 11.5 Å². The van der Waals surface area contributed by atoms with Gasteiger partial charge < -0.3 is 20.4 Å². The molecular formula is C28H22N4NaO12S2+. The third-order valence-corrected chi connectivity index (χ3v) is 8.18. The van der Waals surface area contributed by atoms with Crippen molar-refractivity contribution in [1.29, 1.82) is 0 Å². The Morgan fingerprint density at radius 1 is 0.553 bits per heavy atom. The Kier molecular flexibility index (Phi) is 11.7. The first-order valence-corrected chi connectivity index (χ1v) is 15.6. The molecule has 0 amide bonds. The Morgan fingerprint density at radius 3 is 1.21 bits per heavy atom. The maximum Gasteiger partial charge on any atom is 1.00 e. The Hall–Kier alpha value is -4.56. The number of hydrogen-bond donors (Lipinski definition) is 6. The molecule has 0 aliphatic heterocycles. The number of phenolic OH excluding ortho intramolecular Hbond substituents is 2. The summed E-state index contributed by atoms with van der Waals surface area (Å²) >= 11 is 0. The fourth-order valence-corrected chi connectivity index (χ4v) is 5.62. The normalized spacial score (nSPS) is 11.9. The van der Waals surface area contributed by atoms with E-state index in [2.05, 4.69) is 20.5 Å². The minimum Gasteiger partial charge on any atom is -0.506 e. The molecule has 47 heavy (non-hydrogen) atoms. The summed E-state index contributed by atoms with van der Waals surface area (Å²) in [5.74, 6) is -3.55. The van der Waals surface area contributed by atoms with Gasteiger partial charge >= 0.3 is 41.5 Å². The third-order valence-electron chi connectivity index (χ3n) is 6.31. The zero-order valence-corrected chi connectivity index (χ0v) is 27.7. The second kappa shape index (κ2) is 14.9. The Labute approximate surface area is 288 Å². The van der Waals surface area contributed by atoms with Gasteiger partial charge in [-0.3, -0.25) is 9.11 Å². The van der Waals surface area contributed by atoms with Crippen molar-refractivity contribution < 1.29 is 85.5 Å². The second-order valence-electron chi connectivity index (χ2n) is 9.45. The zero-order chi connectivity index (χ0) is 33.8. The number of carboxylic acid groups (broad SMARTS) is 2. The predicted octanol–water partition coefficient (Wildman–Crippen LogP) is 2.61. The summed E-state index contributed by atoms with van der Waals surface area (Å²) in [7, 11) is -9.64. The monoisotopic (exact) mass is 693 g/mol. The number of aryl methyl sites for hydroxylation is 2. The number of hydrogen-bond acceptors (Lipinski definition) is 12. The topological polar surface area (TPSA) is 273 Å². The maximum absolute atomic E-state index is 12.2. The molecule has 0 bridgehead atoms. The molecule has 6 N–H and O–H groups in total. The van der Waals surface area contributed by atoms with E-state index in [-0.39, 0.29) is 87.4 Å². The number of azo groups is 2. The zero-order valence-electron chi connectivity index (χ0n) is 24.1. The van der Waals surface area contributed by atoms with Crippen molar-refractivity contribution in [3.8, 4) is 11.5 Å². The van der Waals surface area contributed by atoms with Gasteiger partial charge in [-0.1, -0.05) is 12.1 Å². The van der Waals surface area contributed by atoms with Crippen molar-refractivity contribution >= 4 is 54.9 Å². The fourth-order valence-electron chi connectivity index (χ4n) is 4.08. The van der Waals surface area contributed by atoms with E-state index in [1.165, 1.54) is 48.5 Å². The summed E-state index contributed by atoms with van der Waals surface area (Å²) in [6, 6.07) is 13.8. The van der Waals surface area contributed by atoms with Gasteiger partial charge in [0.25, 0.3) is 20.2 Å². The van der Waals surface area contributed by atoms with Crippen molar-refractivity contribution in [2.24, 2.45) is 20.5 Å². The molecule has 0 spiro atoms. The molecule has 0 aromatic heterocycles. The summed E-state index contributed by atoms with van der Waals surface area (Å²) < 4.78 is 68.3. The summed E-state index contributed by atoms with van der Waals surface area (Å²) in [5.41, 5.74) is -0.635. The van der Waals surface area contributed by atoms with Crippen LogP contribution in [0.4, 0.5) is 22.7 Å². The number of benzene rings is 4. The third kappa shape index (κ3) is 9.48. The fraction of sp³-hybridized carbons (Fsp3) is 0.0714. The Balaban J connectivity index is 0.00000600. The van der Waals surface area contributed by atoms with E-state index in [1.807, 2.05) is 0 Å². The minimum atomic E-state index is -4.82. The number of aromatic hydroxyl groups is 2. The van der Waals surface area contributed by atoms with Crippen LogP contribution in [0.1, 0.15) is 31.8 Å². The quantitative estimate of drug-likeness (QED) is 0.0751. The molecule has 238 valence electrons. The van der Waals surface area contributed by atoms with Gasteiger partial charge in [0.05, 0.1) is 32.3 Å². The SMILES string of the molecule is O=C(O)c1ccc(N=Nc2ccc(CCc3ccc(N=Nc4ccc(C(=O)O)cc4O)cc3S(=O)(=O)O)c(S(=O)(=O)O)c2)c(O)c1.[Na+]. The number of phenols is 2. The summed E-state index contributed by atoms with van der Waals surface area (Å²) in [6.45, 7) is 0. The molecule has 4 rings (SSSR count). The summed E-state index contributed by atoms with van der Waals surface area (Å²) in [5, 5.41) is 53.2. The van der Waals surface area contributed by atoms with Gasteiger partial charge in [0, 0.05) is 0 Å². The largest absolute Gasteiger partial charge is 1.00 e. The average Bonchev–Trinajstić information content (AvgIpc) is 2.98. The molecular weight excluding hydrogens is 671 g/mol. The molecule has 0 aliphatic carbocycles. The molecule has 0 heterocycles. The predicted molar refractivity (Wildman–Crippen MR) is 158 cm³/mol. The first kappa shape index (κ1) is 36.9. The van der Waals surface area contributed by atoms with E-state index in [9.17, 15) is 45.7 Å². The molecule has 0 aliphatic rings. The van der Waals surface area contributed by atoms with Crippen molar-refractivity contribution in [2.45, 2.75) is 22.6 Å². The van der Waals surface area contributed by atoms with Crippen LogP contribution >= 0.6 is 0 Å². The van der Waals surface area contributed by atoms with Gasteiger partial charge in [-0.25, -0.2) is 9.59 Å². The standard InChI is InChI=1S/C28H22N4O12S2.Na/c33-23-11-17(27(35)36)5-9-21(23)31-29-19-7-3-15(25(13-19)45(39,40)41)1-2-16-4-8-20(14-26(16)46(42,43)44)30-32-22-10-6-18(28(37)38)12-24(22)34;/h3-14,33-34H,1-2H2,(H,35,36)(H,37,38)(H,39,40,41)(H,42,43,44);/q;+1. The van der Waals surface area contributed by atoms with E-state index in [0.717, 1.165) is 24.3 Å². The van der Waals surface area contributed by atoms with E-state index >= 15 is 0 Å². The van der Waals surface area contributed by atoms with Gasteiger partial charge in [-0.15, -0.1) is 10.2 Å². The molecule has 0 unspecified atom stereocenters. The molecule has 19 heteroatoms. The van der Waals surface area contributed by atoms with Crippen molar-refractivity contribution in [2.75, 3.05) is 0 Å². The molecule has 4 aromatic carbocycles. The number of rotatable bonds is 11. The maximum atomic E-state index is 12.2. The van der Waals surface area contributed by atoms with Crippen LogP contribution in [0, 0.1) is 0 Å². The van der Waals surface area contributed by atoms with Gasteiger partial charge in [0.15, 0.2) is 0 Å². The number of carbonyl (C=O) groups is 2. The molecule has 16 nitrogen and oxygen atoms in total. The minimum absolute atomic E-state index is 0. The molecule has 0 fully saturated rings. The van der Waals surface area contributed by atoms with Crippen LogP contribution in [0.2, 0.25) is 0 Å². The average molecular weight is 694 g/mol. The number of aromatic carboxylic acids is 2. The molecule has 0 atom stereocenters. The van der Waals surface area contributed by atoms with Crippen LogP contribution in [0.25, 0.3) is 0 Å². The van der Waals surface area contributed by atoms with Crippen LogP contribution in [0.15, 0.2) is 103 Å². The van der Waals surface area contributed by atoms with E-state index in [1.54, 1.807) is 0 Å². The first-order valence-electron chi connectivity index (χ1n) is 12.7. The van der Waals surface area contributed by atoms with Crippen LogP contribution in [-0.2, 0) is 33.1 Å². The Bertz CT molecular complexity index is 2000. The van der Waals surface area contributed by atoms with Gasteiger partial charge in [-0.05, 0) is 84.6 Å². The summed E-state index contributed by atoms with van der Waals surface area (Å²) in [6.07, 6.45) is -0.283. The van der Waals surface area contributed by atoms with Crippen LogP contribution in [0.3, 0.4) is 0 Å². The van der Waals surface area contributed by atoms with Crippen LogP contribution < -0.4 is 29.6 Å². The summed E-state index contributed by atoms with van der Waals surface area (Å²) in [4.78, 5) is 20.9. The smallest absolute Gasteiger partial charge is 0.506 e. The van der Waals surface area contributed by atoms with Crippen molar-refractivity contribution in [3.05, 3.63) is 95.1 Å². The molecule has 4 aromatic rings. The number of nitrogens with zero attached hydrogens (tertiary/aromatic N) is 4. The van der Waals surface area contributed by atoms with Crippen molar-refractivity contribution in [1.82, 2.24) is 0 Å².